The molecule has 1 amide bonds. The number of hydrogen-bond donors (Lipinski definition) is 4. The highest BCUT2D eigenvalue weighted by atomic mass is 35.5. The maximum absolute atomic E-state index is 12.8. The van der Waals surface area contributed by atoms with Gasteiger partial charge in [0.05, 0.1) is 16.9 Å². The summed E-state index contributed by atoms with van der Waals surface area (Å²) in [5.41, 5.74) is 8.50. The maximum Gasteiger partial charge on any atom is 0.271 e. The van der Waals surface area contributed by atoms with Crippen molar-refractivity contribution in [3.63, 3.8) is 0 Å². The Hall–Kier alpha value is -2.73. The third-order valence-electron chi connectivity index (χ3n) is 4.62. The van der Waals surface area contributed by atoms with E-state index < -0.39 is 0 Å². The number of carbonyl (C=O) groups excluding carboxylic acids is 1. The van der Waals surface area contributed by atoms with Crippen LogP contribution in [-0.4, -0.2) is 46.6 Å². The van der Waals surface area contributed by atoms with E-state index in [0.717, 1.165) is 40.5 Å². The Morgan fingerprint density at radius 2 is 2.09 bits per heavy atom. The first-order chi connectivity index (χ1) is 16.0. The summed E-state index contributed by atoms with van der Waals surface area (Å²) < 4.78 is 2.66. The van der Waals surface area contributed by atoms with E-state index in [0.29, 0.717) is 38.2 Å². The minimum atomic E-state index is -0.324. The molecule has 34 heavy (non-hydrogen) atoms. The number of nitrogens with zero attached hydrogens (tertiary/aromatic N) is 3. The zero-order valence-corrected chi connectivity index (χ0v) is 22.0. The fraction of sp³-hybridized carbons (Fsp3) is 0.364. The molecule has 2 aromatic heterocycles. The lowest BCUT2D eigenvalue weighted by Crippen LogP contribution is -2.23. The highest BCUT2D eigenvalue weighted by Gasteiger charge is 2.18. The number of carbonyl (C=O) groups is 1. The zero-order chi connectivity index (χ0) is 25.0. The summed E-state index contributed by atoms with van der Waals surface area (Å²) in [5, 5.41) is 7.37. The Morgan fingerprint density at radius 3 is 2.74 bits per heavy atom. The summed E-state index contributed by atoms with van der Waals surface area (Å²) in [7, 11) is 3.96. The Kier molecular flexibility index (Phi) is 8.47. The van der Waals surface area contributed by atoms with Gasteiger partial charge >= 0.3 is 0 Å². The number of aryl methyl sites for hydroxylation is 1. The standard InChI is InChI=1S/C22H28ClN7O2S2/c1-11(2)8-25-18(24)16-20(32)29-34-21(16)28-22-26-9-15(33-22)19(31)27-17-12(3)6-13(7-14(17)23)10-30(4)5/h6-7,9,11H,8,10H2,1-5H3,(H2,24,25)(H,26,28)(H,27,31)(H,29,32). The van der Waals surface area contributed by atoms with Crippen LogP contribution < -0.4 is 21.9 Å². The Morgan fingerprint density at radius 1 is 1.35 bits per heavy atom. The zero-order valence-electron chi connectivity index (χ0n) is 19.7. The van der Waals surface area contributed by atoms with Gasteiger partial charge < -0.3 is 21.3 Å². The van der Waals surface area contributed by atoms with Crippen molar-refractivity contribution in [1.82, 2.24) is 14.3 Å². The topological polar surface area (TPSA) is 128 Å². The summed E-state index contributed by atoms with van der Waals surface area (Å²) in [4.78, 5) is 36.1. The Balaban J connectivity index is 1.75. The molecule has 0 saturated carbocycles. The van der Waals surface area contributed by atoms with Crippen LogP contribution in [0.1, 0.15) is 40.2 Å². The lowest BCUT2D eigenvalue weighted by atomic mass is 10.1. The van der Waals surface area contributed by atoms with Gasteiger partial charge in [-0.05, 0) is 55.7 Å². The second kappa shape index (κ2) is 11.1. The molecular formula is C22H28ClN7O2S2. The van der Waals surface area contributed by atoms with Gasteiger partial charge in [-0.2, -0.15) is 0 Å². The van der Waals surface area contributed by atoms with Crippen LogP contribution in [0.2, 0.25) is 5.02 Å². The molecule has 3 aromatic rings. The molecule has 0 aliphatic rings. The first-order valence-corrected chi connectivity index (χ1v) is 12.6. The number of thiazole rings is 1. The average Bonchev–Trinajstić information content (AvgIpc) is 3.35. The lowest BCUT2D eigenvalue weighted by Gasteiger charge is -2.14. The molecule has 0 saturated heterocycles. The molecule has 0 aliphatic heterocycles. The monoisotopic (exact) mass is 521 g/mol. The summed E-state index contributed by atoms with van der Waals surface area (Å²) >= 11 is 8.70. The number of amides is 1. The number of H-pyrrole nitrogens is 1. The van der Waals surface area contributed by atoms with E-state index in [1.165, 1.54) is 6.20 Å². The first kappa shape index (κ1) is 25.9. The van der Waals surface area contributed by atoms with Gasteiger partial charge in [0.1, 0.15) is 21.3 Å². The van der Waals surface area contributed by atoms with E-state index in [2.05, 4.69) is 25.0 Å². The number of amidine groups is 1. The van der Waals surface area contributed by atoms with Gasteiger partial charge in [0, 0.05) is 13.1 Å². The first-order valence-electron chi connectivity index (χ1n) is 10.5. The quantitative estimate of drug-likeness (QED) is 0.246. The fourth-order valence-corrected chi connectivity index (χ4v) is 4.98. The number of nitrogens with two attached hydrogens (primary N) is 1. The smallest absolute Gasteiger partial charge is 0.271 e. The van der Waals surface area contributed by atoms with Gasteiger partial charge in [0.15, 0.2) is 5.13 Å². The van der Waals surface area contributed by atoms with E-state index >= 15 is 0 Å². The van der Waals surface area contributed by atoms with Crippen molar-refractivity contribution in [2.75, 3.05) is 31.3 Å². The van der Waals surface area contributed by atoms with Gasteiger partial charge in [0.2, 0.25) is 0 Å². The Bertz CT molecular complexity index is 1240. The number of halogens is 1. The van der Waals surface area contributed by atoms with Crippen molar-refractivity contribution in [2.45, 2.75) is 27.3 Å². The lowest BCUT2D eigenvalue weighted by molar-refractivity contribution is 0.103. The van der Waals surface area contributed by atoms with Gasteiger partial charge in [-0.1, -0.05) is 42.9 Å². The molecule has 2 heterocycles. The maximum atomic E-state index is 12.8. The molecule has 0 aliphatic carbocycles. The van der Waals surface area contributed by atoms with Crippen molar-refractivity contribution in [1.29, 1.82) is 0 Å². The van der Waals surface area contributed by atoms with Crippen molar-refractivity contribution in [3.05, 3.63) is 55.3 Å². The van der Waals surface area contributed by atoms with Gasteiger partial charge in [-0.25, -0.2) is 4.98 Å². The number of anilines is 3. The largest absolute Gasteiger partial charge is 0.383 e. The number of aromatic amines is 1. The second-order valence-electron chi connectivity index (χ2n) is 8.47. The van der Waals surface area contributed by atoms with Crippen molar-refractivity contribution in [2.24, 2.45) is 16.6 Å². The fourth-order valence-electron chi connectivity index (χ4n) is 3.12. The van der Waals surface area contributed by atoms with E-state index in [1.807, 2.05) is 51.9 Å². The molecule has 12 heteroatoms. The molecule has 0 bridgehead atoms. The van der Waals surface area contributed by atoms with E-state index in [-0.39, 0.29) is 22.9 Å². The molecule has 182 valence electrons. The predicted molar refractivity (Wildman–Crippen MR) is 142 cm³/mol. The van der Waals surface area contributed by atoms with Gasteiger partial charge in [0.25, 0.3) is 11.5 Å². The highest BCUT2D eigenvalue weighted by Crippen LogP contribution is 2.30. The number of aromatic nitrogens is 2. The second-order valence-corrected chi connectivity index (χ2v) is 10.7. The SMILES string of the molecule is Cc1cc(CN(C)C)cc(Cl)c1NC(=O)c1cnc(Nc2s[nH]c(=O)c2C(N)=NCC(C)C)s1. The van der Waals surface area contributed by atoms with Crippen LogP contribution in [0.3, 0.4) is 0 Å². The normalized spacial score (nSPS) is 11.9. The van der Waals surface area contributed by atoms with Crippen LogP contribution >= 0.6 is 34.5 Å². The molecule has 0 atom stereocenters. The molecule has 0 fully saturated rings. The summed E-state index contributed by atoms with van der Waals surface area (Å²) in [6.45, 7) is 7.20. The third kappa shape index (κ3) is 6.44. The summed E-state index contributed by atoms with van der Waals surface area (Å²) in [5.74, 6) is 0.154. The van der Waals surface area contributed by atoms with E-state index in [1.54, 1.807) is 0 Å². The summed E-state index contributed by atoms with van der Waals surface area (Å²) in [6, 6.07) is 3.85. The molecule has 5 N–H and O–H groups in total. The van der Waals surface area contributed by atoms with Crippen molar-refractivity contribution >= 4 is 62.0 Å². The number of benzene rings is 1. The minimum Gasteiger partial charge on any atom is -0.383 e. The number of hydrogen-bond acceptors (Lipinski definition) is 8. The highest BCUT2D eigenvalue weighted by molar-refractivity contribution is 7.18. The molecule has 0 radical (unpaired) electrons. The molecule has 9 nitrogen and oxygen atoms in total. The van der Waals surface area contributed by atoms with Crippen molar-refractivity contribution in [3.8, 4) is 0 Å². The van der Waals surface area contributed by atoms with Gasteiger partial charge in [-0.3, -0.25) is 19.0 Å². The van der Waals surface area contributed by atoms with E-state index in [9.17, 15) is 9.59 Å². The van der Waals surface area contributed by atoms with Crippen LogP contribution in [0, 0.1) is 12.8 Å². The van der Waals surface area contributed by atoms with Gasteiger partial charge in [-0.15, -0.1) is 0 Å². The number of rotatable bonds is 9. The van der Waals surface area contributed by atoms with Crippen LogP contribution in [0.25, 0.3) is 0 Å². The minimum absolute atomic E-state index is 0.163. The number of nitrogens with one attached hydrogen (secondary N) is 3. The van der Waals surface area contributed by atoms with Crippen LogP contribution in [0.15, 0.2) is 28.1 Å². The molecule has 3 rings (SSSR count). The summed E-state index contributed by atoms with van der Waals surface area (Å²) in [6.07, 6.45) is 1.47. The molecule has 0 spiro atoms. The van der Waals surface area contributed by atoms with Crippen LogP contribution in [-0.2, 0) is 6.54 Å². The molecular weight excluding hydrogens is 494 g/mol. The van der Waals surface area contributed by atoms with E-state index in [4.69, 9.17) is 17.3 Å². The third-order valence-corrected chi connectivity index (χ3v) is 6.62. The van der Waals surface area contributed by atoms with Crippen molar-refractivity contribution < 1.29 is 4.79 Å². The molecule has 1 aromatic carbocycles. The van der Waals surface area contributed by atoms with Crippen LogP contribution in [0.4, 0.5) is 15.8 Å². The number of aliphatic imine (C=N–C) groups is 1. The predicted octanol–water partition coefficient (Wildman–Crippen LogP) is 4.27. The average molecular weight is 522 g/mol. The molecule has 0 unspecified atom stereocenters. The van der Waals surface area contributed by atoms with Crippen LogP contribution in [0.5, 0.6) is 0 Å². The Labute approximate surface area is 211 Å².